The summed E-state index contributed by atoms with van der Waals surface area (Å²) in [5.74, 6) is -0.239. The number of thiophene rings is 1. The second-order valence-electron chi connectivity index (χ2n) is 3.57. The maximum Gasteiger partial charge on any atom is 0.222 e. The van der Waals surface area contributed by atoms with Crippen LogP contribution >= 0.6 is 11.3 Å². The van der Waals surface area contributed by atoms with Gasteiger partial charge in [-0.2, -0.15) is 0 Å². The molecule has 1 atom stereocenters. The lowest BCUT2D eigenvalue weighted by Gasteiger charge is -2.15. The van der Waals surface area contributed by atoms with Crippen molar-refractivity contribution in [3.8, 4) is 0 Å². The summed E-state index contributed by atoms with van der Waals surface area (Å²) in [5.41, 5.74) is 0. The summed E-state index contributed by atoms with van der Waals surface area (Å²) < 4.78 is 0. The van der Waals surface area contributed by atoms with Crippen molar-refractivity contribution in [2.75, 3.05) is 6.54 Å². The molecule has 0 fully saturated rings. The predicted molar refractivity (Wildman–Crippen MR) is 68.7 cm³/mol. The lowest BCUT2D eigenvalue weighted by atomic mass is 10.1. The first-order valence-corrected chi connectivity index (χ1v) is 6.19. The number of amides is 2. The smallest absolute Gasteiger partial charge is 0.222 e. The third kappa shape index (κ3) is 4.82. The van der Waals surface area contributed by atoms with Gasteiger partial charge in [0.25, 0.3) is 0 Å². The molecule has 0 aliphatic heterocycles. The van der Waals surface area contributed by atoms with E-state index in [2.05, 4.69) is 17.2 Å². The van der Waals surface area contributed by atoms with Crippen LogP contribution in [0.3, 0.4) is 0 Å². The normalized spacial score (nSPS) is 11.6. The molecule has 0 saturated heterocycles. The first kappa shape index (κ1) is 13.4. The van der Waals surface area contributed by atoms with E-state index in [4.69, 9.17) is 0 Å². The Balaban J connectivity index is 2.61. The van der Waals surface area contributed by atoms with Crippen LogP contribution in [0.4, 0.5) is 0 Å². The molecule has 0 unspecified atom stereocenters. The van der Waals surface area contributed by atoms with E-state index in [-0.39, 0.29) is 24.3 Å². The highest BCUT2D eigenvalue weighted by Gasteiger charge is 2.17. The van der Waals surface area contributed by atoms with E-state index in [0.29, 0.717) is 6.54 Å². The molecule has 2 amide bonds. The molecule has 0 aliphatic carbocycles. The van der Waals surface area contributed by atoms with Crippen molar-refractivity contribution in [3.05, 3.63) is 35.0 Å². The summed E-state index contributed by atoms with van der Waals surface area (Å²) in [7, 11) is 0. The molecule has 1 heterocycles. The standard InChI is InChI=1S/C12H16N2O2S/c1-3-6-13-12(16)8-10(14-9(2)15)11-5-4-7-17-11/h3-5,7,10H,1,6,8H2,2H3,(H,13,16)(H,14,15)/t10-/m0/s1. The molecule has 0 radical (unpaired) electrons. The van der Waals surface area contributed by atoms with Gasteiger partial charge in [0.2, 0.25) is 11.8 Å². The van der Waals surface area contributed by atoms with Gasteiger partial charge in [-0.15, -0.1) is 17.9 Å². The maximum absolute atomic E-state index is 11.6. The Labute approximate surface area is 105 Å². The Morgan fingerprint density at radius 1 is 1.59 bits per heavy atom. The van der Waals surface area contributed by atoms with E-state index in [1.165, 1.54) is 18.3 Å². The van der Waals surface area contributed by atoms with Crippen LogP contribution in [-0.2, 0) is 9.59 Å². The van der Waals surface area contributed by atoms with E-state index in [1.807, 2.05) is 17.5 Å². The Kier molecular flexibility index (Phi) is 5.42. The molecule has 1 rings (SSSR count). The van der Waals surface area contributed by atoms with Gasteiger partial charge in [-0.1, -0.05) is 12.1 Å². The van der Waals surface area contributed by atoms with Crippen LogP contribution < -0.4 is 10.6 Å². The molecule has 0 aromatic carbocycles. The number of hydrogen-bond donors (Lipinski definition) is 2. The van der Waals surface area contributed by atoms with Crippen LogP contribution in [0.25, 0.3) is 0 Å². The fourth-order valence-electron chi connectivity index (χ4n) is 1.40. The molecule has 2 N–H and O–H groups in total. The number of carbonyl (C=O) groups is 2. The molecule has 0 aliphatic rings. The van der Waals surface area contributed by atoms with Crippen molar-refractivity contribution in [1.29, 1.82) is 0 Å². The van der Waals surface area contributed by atoms with Crippen molar-refractivity contribution in [1.82, 2.24) is 10.6 Å². The average Bonchev–Trinajstić information content (AvgIpc) is 2.78. The molecule has 1 aromatic rings. The molecule has 0 saturated carbocycles. The van der Waals surface area contributed by atoms with Gasteiger partial charge in [0.05, 0.1) is 12.5 Å². The van der Waals surface area contributed by atoms with Crippen LogP contribution in [0, 0.1) is 0 Å². The van der Waals surface area contributed by atoms with Gasteiger partial charge in [-0.05, 0) is 11.4 Å². The molecule has 92 valence electrons. The largest absolute Gasteiger partial charge is 0.353 e. The summed E-state index contributed by atoms with van der Waals surface area (Å²) in [6.45, 7) is 5.41. The maximum atomic E-state index is 11.6. The zero-order valence-corrected chi connectivity index (χ0v) is 10.5. The minimum absolute atomic E-state index is 0.1000. The minimum Gasteiger partial charge on any atom is -0.353 e. The Hall–Kier alpha value is -1.62. The fourth-order valence-corrected chi connectivity index (χ4v) is 2.18. The highest BCUT2D eigenvalue weighted by molar-refractivity contribution is 7.10. The van der Waals surface area contributed by atoms with Gasteiger partial charge in [0.1, 0.15) is 0 Å². The lowest BCUT2D eigenvalue weighted by Crippen LogP contribution is -2.32. The van der Waals surface area contributed by atoms with Crippen molar-refractivity contribution >= 4 is 23.2 Å². The Morgan fingerprint density at radius 2 is 2.35 bits per heavy atom. The SMILES string of the molecule is C=CCNC(=O)C[C@H](NC(C)=O)c1cccs1. The Bertz CT molecular complexity index is 387. The first-order valence-electron chi connectivity index (χ1n) is 5.31. The highest BCUT2D eigenvalue weighted by atomic mass is 32.1. The van der Waals surface area contributed by atoms with E-state index in [0.717, 1.165) is 4.88 Å². The first-order chi connectivity index (χ1) is 8.13. The van der Waals surface area contributed by atoms with E-state index < -0.39 is 0 Å². The second kappa shape index (κ2) is 6.85. The van der Waals surface area contributed by atoms with Crippen molar-refractivity contribution in [3.63, 3.8) is 0 Å². The zero-order valence-electron chi connectivity index (χ0n) is 9.73. The molecule has 4 nitrogen and oxygen atoms in total. The van der Waals surface area contributed by atoms with Crippen LogP contribution in [0.2, 0.25) is 0 Å². The molecule has 0 bridgehead atoms. The zero-order chi connectivity index (χ0) is 12.7. The number of nitrogens with one attached hydrogen (secondary N) is 2. The predicted octanol–water partition coefficient (Wildman–Crippen LogP) is 1.62. The van der Waals surface area contributed by atoms with Gasteiger partial charge < -0.3 is 10.6 Å². The lowest BCUT2D eigenvalue weighted by molar-refractivity contribution is -0.122. The third-order valence-corrected chi connectivity index (χ3v) is 3.08. The summed E-state index contributed by atoms with van der Waals surface area (Å²) >= 11 is 1.52. The summed E-state index contributed by atoms with van der Waals surface area (Å²) in [4.78, 5) is 23.7. The van der Waals surface area contributed by atoms with Gasteiger partial charge >= 0.3 is 0 Å². The molecule has 17 heavy (non-hydrogen) atoms. The van der Waals surface area contributed by atoms with Crippen molar-refractivity contribution in [2.45, 2.75) is 19.4 Å². The van der Waals surface area contributed by atoms with Crippen LogP contribution in [0.15, 0.2) is 30.2 Å². The highest BCUT2D eigenvalue weighted by Crippen LogP contribution is 2.21. The third-order valence-electron chi connectivity index (χ3n) is 2.10. The van der Waals surface area contributed by atoms with E-state index >= 15 is 0 Å². The monoisotopic (exact) mass is 252 g/mol. The number of hydrogen-bond acceptors (Lipinski definition) is 3. The topological polar surface area (TPSA) is 58.2 Å². The van der Waals surface area contributed by atoms with Crippen molar-refractivity contribution in [2.24, 2.45) is 0 Å². The summed E-state index contributed by atoms with van der Waals surface area (Å²) in [5, 5.41) is 7.39. The molecular formula is C12H16N2O2S. The van der Waals surface area contributed by atoms with E-state index in [9.17, 15) is 9.59 Å². The average molecular weight is 252 g/mol. The quantitative estimate of drug-likeness (QED) is 0.756. The Morgan fingerprint density at radius 3 is 2.88 bits per heavy atom. The molecule has 0 spiro atoms. The molecular weight excluding hydrogens is 236 g/mol. The van der Waals surface area contributed by atoms with Gasteiger partial charge in [0.15, 0.2) is 0 Å². The van der Waals surface area contributed by atoms with Crippen molar-refractivity contribution < 1.29 is 9.59 Å². The van der Waals surface area contributed by atoms with Gasteiger partial charge in [-0.25, -0.2) is 0 Å². The van der Waals surface area contributed by atoms with Crippen LogP contribution in [0.1, 0.15) is 24.3 Å². The van der Waals surface area contributed by atoms with Gasteiger partial charge in [-0.3, -0.25) is 9.59 Å². The molecule has 1 aromatic heterocycles. The van der Waals surface area contributed by atoms with E-state index in [1.54, 1.807) is 6.08 Å². The van der Waals surface area contributed by atoms with Crippen LogP contribution in [-0.4, -0.2) is 18.4 Å². The fraction of sp³-hybridized carbons (Fsp3) is 0.333. The number of carbonyl (C=O) groups excluding carboxylic acids is 2. The van der Waals surface area contributed by atoms with Crippen LogP contribution in [0.5, 0.6) is 0 Å². The summed E-state index contributed by atoms with van der Waals surface area (Å²) in [6.07, 6.45) is 1.87. The number of rotatable bonds is 6. The summed E-state index contributed by atoms with van der Waals surface area (Å²) in [6, 6.07) is 3.56. The second-order valence-corrected chi connectivity index (χ2v) is 4.54. The van der Waals surface area contributed by atoms with Gasteiger partial charge in [0, 0.05) is 18.3 Å². The molecule has 5 heteroatoms. The minimum atomic E-state index is -0.252.